The summed E-state index contributed by atoms with van der Waals surface area (Å²) < 4.78 is 0. The highest BCUT2D eigenvalue weighted by atomic mass is 15.1. The molecule has 0 aliphatic carbocycles. The molecule has 5 heteroatoms. The molecule has 128 valence electrons. The van der Waals surface area contributed by atoms with Crippen molar-refractivity contribution < 1.29 is 0 Å². The van der Waals surface area contributed by atoms with E-state index < -0.39 is 0 Å². The van der Waals surface area contributed by atoms with E-state index in [4.69, 9.17) is 0 Å². The molecule has 0 radical (unpaired) electrons. The van der Waals surface area contributed by atoms with Crippen LogP contribution in [0.4, 0.5) is 23.0 Å². The van der Waals surface area contributed by atoms with E-state index in [1.807, 2.05) is 19.1 Å². The van der Waals surface area contributed by atoms with Crippen molar-refractivity contribution in [1.29, 1.82) is 0 Å². The Kier molecular flexibility index (Phi) is 5.23. The van der Waals surface area contributed by atoms with Gasteiger partial charge in [-0.05, 0) is 49.1 Å². The molecular weight excluding hydrogens is 310 g/mol. The average Bonchev–Trinajstić information content (AvgIpc) is 2.58. The van der Waals surface area contributed by atoms with Crippen LogP contribution in [-0.4, -0.2) is 15.0 Å². The lowest BCUT2D eigenvalue weighted by molar-refractivity contribution is 0.647. The van der Waals surface area contributed by atoms with Gasteiger partial charge in [-0.25, -0.2) is 9.97 Å². The van der Waals surface area contributed by atoms with Gasteiger partial charge >= 0.3 is 0 Å². The Morgan fingerprint density at radius 1 is 0.840 bits per heavy atom. The minimum absolute atomic E-state index is 0.577. The molecule has 2 heterocycles. The van der Waals surface area contributed by atoms with Crippen molar-refractivity contribution in [3.05, 3.63) is 66.2 Å². The van der Waals surface area contributed by atoms with Crippen molar-refractivity contribution >= 4 is 23.0 Å². The van der Waals surface area contributed by atoms with Crippen LogP contribution in [-0.2, 0) is 6.42 Å². The first kappa shape index (κ1) is 16.9. The molecule has 0 unspecified atom stereocenters. The van der Waals surface area contributed by atoms with Gasteiger partial charge in [-0.1, -0.05) is 26.0 Å². The smallest absolute Gasteiger partial charge is 0.227 e. The summed E-state index contributed by atoms with van der Waals surface area (Å²) in [4.78, 5) is 12.9. The standard InChI is InChI=1S/C20H23N5/c1-14(2)10-16-4-6-17(7-5-16)25-20-22-12-19(13-23-20)24-18-8-9-21-15(3)11-18/h4-9,11-14H,10H2,1-3H3,(H,21,24)(H,22,23,25). The zero-order chi connectivity index (χ0) is 17.6. The Labute approximate surface area is 148 Å². The molecule has 0 atom stereocenters. The fraction of sp³-hybridized carbons (Fsp3) is 0.250. The molecule has 3 aromatic rings. The van der Waals surface area contributed by atoms with Gasteiger partial charge in [0.25, 0.3) is 0 Å². The number of nitrogens with zero attached hydrogens (tertiary/aromatic N) is 3. The normalized spacial score (nSPS) is 10.7. The van der Waals surface area contributed by atoms with E-state index in [9.17, 15) is 0 Å². The summed E-state index contributed by atoms with van der Waals surface area (Å²) in [5.41, 5.74) is 5.10. The molecule has 0 spiro atoms. The lowest BCUT2D eigenvalue weighted by Crippen LogP contribution is -1.99. The third-order valence-electron chi connectivity index (χ3n) is 3.69. The Hall–Kier alpha value is -2.95. The first-order valence-electron chi connectivity index (χ1n) is 8.46. The van der Waals surface area contributed by atoms with Gasteiger partial charge < -0.3 is 10.6 Å². The number of benzene rings is 1. The summed E-state index contributed by atoms with van der Waals surface area (Å²) in [5.74, 6) is 1.24. The predicted molar refractivity (Wildman–Crippen MR) is 103 cm³/mol. The van der Waals surface area contributed by atoms with Crippen molar-refractivity contribution in [2.75, 3.05) is 10.6 Å². The van der Waals surface area contributed by atoms with E-state index >= 15 is 0 Å². The molecule has 25 heavy (non-hydrogen) atoms. The largest absolute Gasteiger partial charge is 0.353 e. The highest BCUT2D eigenvalue weighted by Gasteiger charge is 2.02. The van der Waals surface area contributed by atoms with Crippen LogP contribution in [0.25, 0.3) is 0 Å². The Bertz CT molecular complexity index is 810. The summed E-state index contributed by atoms with van der Waals surface area (Å²) in [6.45, 7) is 6.41. The van der Waals surface area contributed by atoms with Gasteiger partial charge in [0.05, 0.1) is 18.1 Å². The third kappa shape index (κ3) is 5.01. The molecular formula is C20H23N5. The maximum atomic E-state index is 4.36. The fourth-order valence-corrected chi connectivity index (χ4v) is 2.57. The van der Waals surface area contributed by atoms with Gasteiger partial charge in [0, 0.05) is 23.3 Å². The molecule has 0 saturated heterocycles. The predicted octanol–water partition coefficient (Wildman–Crippen LogP) is 4.87. The molecule has 2 aromatic heterocycles. The van der Waals surface area contributed by atoms with Crippen molar-refractivity contribution in [2.45, 2.75) is 27.2 Å². The summed E-state index contributed by atoms with van der Waals surface area (Å²) in [5, 5.41) is 6.49. The van der Waals surface area contributed by atoms with E-state index in [0.29, 0.717) is 11.9 Å². The first-order chi connectivity index (χ1) is 12.1. The van der Waals surface area contributed by atoms with Gasteiger partial charge in [0.1, 0.15) is 0 Å². The molecule has 0 fully saturated rings. The average molecular weight is 333 g/mol. The molecule has 0 saturated carbocycles. The number of pyridine rings is 1. The molecule has 0 aliphatic rings. The molecule has 3 rings (SSSR count). The molecule has 5 nitrogen and oxygen atoms in total. The van der Waals surface area contributed by atoms with Crippen LogP contribution in [0.2, 0.25) is 0 Å². The van der Waals surface area contributed by atoms with Crippen molar-refractivity contribution in [3.63, 3.8) is 0 Å². The fourth-order valence-electron chi connectivity index (χ4n) is 2.57. The van der Waals surface area contributed by atoms with Crippen molar-refractivity contribution in [1.82, 2.24) is 15.0 Å². The Morgan fingerprint density at radius 3 is 2.20 bits per heavy atom. The summed E-state index contributed by atoms with van der Waals surface area (Å²) in [6, 6.07) is 12.3. The van der Waals surface area contributed by atoms with Crippen LogP contribution in [0.1, 0.15) is 25.1 Å². The number of anilines is 4. The van der Waals surface area contributed by atoms with Crippen molar-refractivity contribution in [3.8, 4) is 0 Å². The summed E-state index contributed by atoms with van der Waals surface area (Å²) in [6.07, 6.45) is 6.39. The number of aromatic nitrogens is 3. The number of hydrogen-bond acceptors (Lipinski definition) is 5. The van der Waals surface area contributed by atoms with Gasteiger partial charge in [-0.3, -0.25) is 4.98 Å². The van der Waals surface area contributed by atoms with Crippen molar-refractivity contribution in [2.24, 2.45) is 5.92 Å². The van der Waals surface area contributed by atoms with Gasteiger partial charge in [-0.2, -0.15) is 0 Å². The van der Waals surface area contributed by atoms with Crippen LogP contribution >= 0.6 is 0 Å². The Morgan fingerprint density at radius 2 is 1.56 bits per heavy atom. The van der Waals surface area contributed by atoms with E-state index in [2.05, 4.69) is 63.7 Å². The monoisotopic (exact) mass is 333 g/mol. The number of aryl methyl sites for hydroxylation is 1. The molecule has 0 aliphatic heterocycles. The third-order valence-corrected chi connectivity index (χ3v) is 3.69. The SMILES string of the molecule is Cc1cc(Nc2cnc(Nc3ccc(CC(C)C)cc3)nc2)ccn1. The maximum Gasteiger partial charge on any atom is 0.227 e. The second-order valence-corrected chi connectivity index (χ2v) is 6.53. The van der Waals surface area contributed by atoms with Crippen LogP contribution < -0.4 is 10.6 Å². The lowest BCUT2D eigenvalue weighted by atomic mass is 10.0. The van der Waals surface area contributed by atoms with E-state index in [1.54, 1.807) is 18.6 Å². The minimum Gasteiger partial charge on any atom is -0.353 e. The van der Waals surface area contributed by atoms with Crippen LogP contribution in [0.15, 0.2) is 55.0 Å². The van der Waals surface area contributed by atoms with Gasteiger partial charge in [0.2, 0.25) is 5.95 Å². The summed E-state index contributed by atoms with van der Waals surface area (Å²) >= 11 is 0. The zero-order valence-corrected chi connectivity index (χ0v) is 14.8. The van der Waals surface area contributed by atoms with Crippen LogP contribution in [0, 0.1) is 12.8 Å². The second kappa shape index (κ2) is 7.75. The van der Waals surface area contributed by atoms with Gasteiger partial charge in [0.15, 0.2) is 0 Å². The van der Waals surface area contributed by atoms with E-state index in [0.717, 1.165) is 29.2 Å². The number of nitrogens with one attached hydrogen (secondary N) is 2. The van der Waals surface area contributed by atoms with Gasteiger partial charge in [-0.15, -0.1) is 0 Å². The quantitative estimate of drug-likeness (QED) is 0.674. The zero-order valence-electron chi connectivity index (χ0n) is 14.8. The molecule has 2 N–H and O–H groups in total. The highest BCUT2D eigenvalue weighted by molar-refractivity contribution is 5.59. The maximum absolute atomic E-state index is 4.36. The van der Waals surface area contributed by atoms with E-state index in [-0.39, 0.29) is 0 Å². The minimum atomic E-state index is 0.577. The molecule has 0 amide bonds. The van der Waals surface area contributed by atoms with Crippen LogP contribution in [0.3, 0.4) is 0 Å². The highest BCUT2D eigenvalue weighted by Crippen LogP contribution is 2.18. The molecule has 0 bridgehead atoms. The topological polar surface area (TPSA) is 62.7 Å². The Balaban J connectivity index is 1.62. The number of hydrogen-bond donors (Lipinski definition) is 2. The number of rotatable bonds is 6. The first-order valence-corrected chi connectivity index (χ1v) is 8.46. The molecule has 1 aromatic carbocycles. The summed E-state index contributed by atoms with van der Waals surface area (Å²) in [7, 11) is 0. The van der Waals surface area contributed by atoms with E-state index in [1.165, 1.54) is 5.56 Å². The van der Waals surface area contributed by atoms with Crippen LogP contribution in [0.5, 0.6) is 0 Å². The second-order valence-electron chi connectivity index (χ2n) is 6.53. The lowest BCUT2D eigenvalue weighted by Gasteiger charge is -2.09.